The molecule has 1 fully saturated rings. The van der Waals surface area contributed by atoms with Gasteiger partial charge in [0.25, 0.3) is 17.5 Å². The maximum Gasteiger partial charge on any atom is 0.335 e. The van der Waals surface area contributed by atoms with Crippen molar-refractivity contribution in [1.82, 2.24) is 5.32 Å². The fourth-order valence-electron chi connectivity index (χ4n) is 7.67. The average molecular weight is 691 g/mol. The van der Waals surface area contributed by atoms with Crippen LogP contribution in [0.4, 0.5) is 21.9 Å². The van der Waals surface area contributed by atoms with Gasteiger partial charge in [-0.25, -0.2) is 9.69 Å². The Kier molecular flexibility index (Phi) is 8.56. The van der Waals surface area contributed by atoms with Crippen LogP contribution < -0.4 is 19.9 Å². The number of hydrogen-bond donors (Lipinski definition) is 1. The number of nitro groups is 1. The summed E-state index contributed by atoms with van der Waals surface area (Å²) in [5.41, 5.74) is 6.71. The van der Waals surface area contributed by atoms with E-state index in [1.807, 2.05) is 48.5 Å². The zero-order valence-corrected chi connectivity index (χ0v) is 28.1. The van der Waals surface area contributed by atoms with Crippen LogP contribution in [0.15, 0.2) is 127 Å². The lowest BCUT2D eigenvalue weighted by atomic mass is 9.76. The molecule has 1 saturated heterocycles. The molecule has 0 radical (unpaired) electrons. The van der Waals surface area contributed by atoms with Gasteiger partial charge in [-0.15, -0.1) is 0 Å². The second-order valence-corrected chi connectivity index (χ2v) is 13.2. The Morgan fingerprint density at radius 1 is 0.769 bits per heavy atom. The Morgan fingerprint density at radius 3 is 2.02 bits per heavy atom. The van der Waals surface area contributed by atoms with Gasteiger partial charge in [0.1, 0.15) is 17.9 Å². The predicted molar refractivity (Wildman–Crippen MR) is 197 cm³/mol. The van der Waals surface area contributed by atoms with Crippen molar-refractivity contribution in [2.24, 2.45) is 0 Å². The summed E-state index contributed by atoms with van der Waals surface area (Å²) in [6, 6.07) is 36.6. The molecule has 0 bridgehead atoms. The van der Waals surface area contributed by atoms with E-state index >= 15 is 0 Å². The topological polar surface area (TPSA) is 122 Å². The van der Waals surface area contributed by atoms with Gasteiger partial charge in [-0.1, -0.05) is 91.0 Å². The second-order valence-electron chi connectivity index (χ2n) is 13.2. The van der Waals surface area contributed by atoms with E-state index in [9.17, 15) is 24.5 Å². The molecule has 5 aromatic rings. The number of ether oxygens (including phenoxy) is 1. The number of non-ortho nitro benzene ring substituents is 1. The van der Waals surface area contributed by atoms with Crippen LogP contribution in [0.3, 0.4) is 0 Å². The molecule has 258 valence electrons. The highest BCUT2D eigenvalue weighted by atomic mass is 16.6. The van der Waals surface area contributed by atoms with Crippen LogP contribution in [0.5, 0.6) is 5.75 Å². The molecule has 8 rings (SSSR count). The molecule has 10 heteroatoms. The molecular formula is C42H34N4O6. The van der Waals surface area contributed by atoms with Gasteiger partial charge in [-0.05, 0) is 64.9 Å². The van der Waals surface area contributed by atoms with Crippen molar-refractivity contribution >= 4 is 41.0 Å². The van der Waals surface area contributed by atoms with Crippen molar-refractivity contribution < 1.29 is 24.0 Å². The number of hydrogen-bond acceptors (Lipinski definition) is 7. The summed E-state index contributed by atoms with van der Waals surface area (Å²) >= 11 is 0. The number of carbonyl (C=O) groups excluding carboxylic acids is 3. The van der Waals surface area contributed by atoms with Crippen LogP contribution in [0.1, 0.15) is 58.1 Å². The number of nitrogens with zero attached hydrogens (tertiary/aromatic N) is 3. The Bertz CT molecular complexity index is 2180. The number of barbiturate groups is 1. The number of nitrogens with one attached hydrogen (secondary N) is 1. The van der Waals surface area contributed by atoms with Gasteiger partial charge in [-0.2, -0.15) is 0 Å². The van der Waals surface area contributed by atoms with Crippen LogP contribution in [0, 0.1) is 10.1 Å². The highest BCUT2D eigenvalue weighted by Crippen LogP contribution is 2.50. The van der Waals surface area contributed by atoms with E-state index in [1.54, 1.807) is 36.4 Å². The van der Waals surface area contributed by atoms with Crippen molar-refractivity contribution in [2.75, 3.05) is 22.9 Å². The van der Waals surface area contributed by atoms with Crippen molar-refractivity contribution in [2.45, 2.75) is 31.3 Å². The summed E-state index contributed by atoms with van der Waals surface area (Å²) in [6.45, 7) is 1.81. The number of benzene rings is 5. The van der Waals surface area contributed by atoms with E-state index in [0.29, 0.717) is 22.6 Å². The molecule has 52 heavy (non-hydrogen) atoms. The summed E-state index contributed by atoms with van der Waals surface area (Å²) in [5, 5.41) is 13.7. The van der Waals surface area contributed by atoms with Crippen LogP contribution in [0.25, 0.3) is 6.08 Å². The van der Waals surface area contributed by atoms with E-state index < -0.39 is 22.8 Å². The fraction of sp³-hybridized carbons (Fsp3) is 0.167. The largest absolute Gasteiger partial charge is 0.488 e. The third-order valence-corrected chi connectivity index (χ3v) is 10.1. The van der Waals surface area contributed by atoms with Gasteiger partial charge in [0.15, 0.2) is 0 Å². The molecule has 3 heterocycles. The fourth-order valence-corrected chi connectivity index (χ4v) is 7.67. The highest BCUT2D eigenvalue weighted by Gasteiger charge is 2.40. The maximum atomic E-state index is 14.4. The van der Waals surface area contributed by atoms with E-state index in [2.05, 4.69) is 34.5 Å². The first-order valence-corrected chi connectivity index (χ1v) is 17.2. The van der Waals surface area contributed by atoms with Crippen molar-refractivity contribution in [3.8, 4) is 5.75 Å². The van der Waals surface area contributed by atoms with Gasteiger partial charge < -0.3 is 9.64 Å². The lowest BCUT2D eigenvalue weighted by Crippen LogP contribution is -2.54. The lowest BCUT2D eigenvalue weighted by Gasteiger charge is -2.44. The van der Waals surface area contributed by atoms with Gasteiger partial charge in [0.05, 0.1) is 10.6 Å². The van der Waals surface area contributed by atoms with E-state index in [4.69, 9.17) is 4.74 Å². The van der Waals surface area contributed by atoms with Gasteiger partial charge in [0.2, 0.25) is 0 Å². The van der Waals surface area contributed by atoms with Gasteiger partial charge in [0, 0.05) is 48.3 Å². The zero-order chi connectivity index (χ0) is 35.8. The van der Waals surface area contributed by atoms with Crippen molar-refractivity contribution in [3.05, 3.63) is 170 Å². The minimum atomic E-state index is -0.814. The molecule has 0 unspecified atom stereocenters. The SMILES string of the molecule is O=C1NC(=O)N(c2cc3c4c(c2)[C@H](c2ccccc2)CCN4CC[C@H]3c2ccccc2)C(=O)/C1=C/c1ccccc1OCc1cccc([N+](=O)[O-])c1. The molecule has 0 saturated carbocycles. The molecule has 10 nitrogen and oxygen atoms in total. The van der Waals surface area contributed by atoms with Crippen molar-refractivity contribution in [1.29, 1.82) is 0 Å². The number of amides is 4. The maximum absolute atomic E-state index is 14.4. The highest BCUT2D eigenvalue weighted by molar-refractivity contribution is 6.39. The summed E-state index contributed by atoms with van der Waals surface area (Å²) in [7, 11) is 0. The van der Waals surface area contributed by atoms with Crippen LogP contribution in [0.2, 0.25) is 0 Å². The predicted octanol–water partition coefficient (Wildman–Crippen LogP) is 7.72. The van der Waals surface area contributed by atoms with E-state index in [0.717, 1.165) is 58.8 Å². The number of imide groups is 2. The van der Waals surface area contributed by atoms with Crippen molar-refractivity contribution in [3.63, 3.8) is 0 Å². The molecule has 0 aliphatic carbocycles. The molecule has 0 spiro atoms. The number of nitro benzene ring substituents is 1. The summed E-state index contributed by atoms with van der Waals surface area (Å²) in [6.07, 6.45) is 3.18. The Labute approximate surface area is 300 Å². The number of anilines is 2. The first-order valence-electron chi connectivity index (χ1n) is 17.2. The monoisotopic (exact) mass is 690 g/mol. The zero-order valence-electron chi connectivity index (χ0n) is 28.1. The van der Waals surface area contributed by atoms with Crippen LogP contribution >= 0.6 is 0 Å². The molecule has 1 N–H and O–H groups in total. The summed E-state index contributed by atoms with van der Waals surface area (Å²) < 4.78 is 6.02. The molecule has 3 aliphatic rings. The van der Waals surface area contributed by atoms with Crippen LogP contribution in [-0.4, -0.2) is 35.9 Å². The number of urea groups is 1. The second kappa shape index (κ2) is 13.6. The molecule has 2 atom stereocenters. The molecule has 3 aliphatic heterocycles. The van der Waals surface area contributed by atoms with Gasteiger partial charge in [-0.3, -0.25) is 25.0 Å². The van der Waals surface area contributed by atoms with E-state index in [-0.39, 0.29) is 29.7 Å². The Hall–Kier alpha value is -6.55. The first kappa shape index (κ1) is 32.6. The standard InChI is InChI=1S/C42H34N4O6/c47-40-37(23-30-15-7-8-17-38(30)52-26-27-10-9-16-31(22-27)46(50)51)41(48)45(42(49)43-40)32-24-35-33(28-11-3-1-4-12-28)18-20-44-21-19-34(36(25-32)39(35)44)29-13-5-2-6-14-29/h1-17,22-25,33-34H,18-21,26H2,(H,43,47,49)/b37-23+/t33-,34-/m0/s1. The molecule has 4 amide bonds. The first-order chi connectivity index (χ1) is 25.4. The molecule has 0 aromatic heterocycles. The normalized spacial score (nSPS) is 18.9. The number of carbonyl (C=O) groups is 3. The lowest BCUT2D eigenvalue weighted by molar-refractivity contribution is -0.384. The smallest absolute Gasteiger partial charge is 0.335 e. The summed E-state index contributed by atoms with van der Waals surface area (Å²) in [4.78, 5) is 55.6. The van der Waals surface area contributed by atoms with Crippen LogP contribution in [-0.2, 0) is 16.2 Å². The number of para-hydroxylation sites is 1. The minimum absolute atomic E-state index is 0.0205. The number of rotatable bonds is 8. The Balaban J connectivity index is 1.19. The third-order valence-electron chi connectivity index (χ3n) is 10.1. The quantitative estimate of drug-likeness (QED) is 0.0766. The molecule has 5 aromatic carbocycles. The van der Waals surface area contributed by atoms with E-state index in [1.165, 1.54) is 18.2 Å². The third kappa shape index (κ3) is 6.08. The molecular weight excluding hydrogens is 656 g/mol. The minimum Gasteiger partial charge on any atom is -0.488 e. The Morgan fingerprint density at radius 2 is 1.38 bits per heavy atom. The van der Waals surface area contributed by atoms with Gasteiger partial charge >= 0.3 is 6.03 Å². The summed E-state index contributed by atoms with van der Waals surface area (Å²) in [5.74, 6) is -1.09. The average Bonchev–Trinajstić information content (AvgIpc) is 3.17.